The smallest absolute Gasteiger partial charge is 0.0883 e. The van der Waals surface area contributed by atoms with E-state index in [0.717, 1.165) is 5.92 Å². The molecule has 0 N–H and O–H groups in total. The molecule has 1 saturated carbocycles. The van der Waals surface area contributed by atoms with E-state index < -0.39 is 0 Å². The average Bonchev–Trinajstić information content (AvgIpc) is 2.80. The maximum absolute atomic E-state index is 6.23. The summed E-state index contributed by atoms with van der Waals surface area (Å²) in [5.74, 6) is 0.825. The molecular weight excluding hydrogens is 200 g/mol. The molecule has 1 aliphatic carbocycles. The van der Waals surface area contributed by atoms with Gasteiger partial charge < -0.3 is 9.47 Å². The molecule has 0 spiro atoms. The van der Waals surface area contributed by atoms with Gasteiger partial charge in [-0.05, 0) is 45.4 Å². The zero-order chi connectivity index (χ0) is 11.6. The van der Waals surface area contributed by atoms with Crippen molar-refractivity contribution in [3.05, 3.63) is 0 Å². The van der Waals surface area contributed by atoms with E-state index in [9.17, 15) is 0 Å². The Morgan fingerprint density at radius 2 is 1.69 bits per heavy atom. The molecule has 0 bridgehead atoms. The summed E-state index contributed by atoms with van der Waals surface area (Å²) >= 11 is 0. The SMILES string of the molecule is COC(C)(C)[C@@H]1CC[C@@H](C2CCCCC2)O1. The molecule has 0 aromatic heterocycles. The number of methoxy groups -OCH3 is 1. The molecule has 2 fully saturated rings. The summed E-state index contributed by atoms with van der Waals surface area (Å²) in [5.41, 5.74) is -0.122. The molecular formula is C14H26O2. The Labute approximate surface area is 99.7 Å². The normalized spacial score (nSPS) is 33.2. The highest BCUT2D eigenvalue weighted by molar-refractivity contribution is 4.89. The highest BCUT2D eigenvalue weighted by Crippen LogP contribution is 2.38. The van der Waals surface area contributed by atoms with E-state index >= 15 is 0 Å². The minimum atomic E-state index is -0.122. The van der Waals surface area contributed by atoms with Crippen molar-refractivity contribution in [2.45, 2.75) is 76.6 Å². The first kappa shape index (κ1) is 12.4. The van der Waals surface area contributed by atoms with Crippen LogP contribution in [0.3, 0.4) is 0 Å². The lowest BCUT2D eigenvalue weighted by atomic mass is 9.84. The van der Waals surface area contributed by atoms with Crippen molar-refractivity contribution >= 4 is 0 Å². The van der Waals surface area contributed by atoms with Crippen molar-refractivity contribution in [1.29, 1.82) is 0 Å². The van der Waals surface area contributed by atoms with Crippen LogP contribution in [0.4, 0.5) is 0 Å². The van der Waals surface area contributed by atoms with Crippen LogP contribution in [-0.2, 0) is 9.47 Å². The van der Waals surface area contributed by atoms with Crippen LogP contribution in [0.25, 0.3) is 0 Å². The fraction of sp³-hybridized carbons (Fsp3) is 1.00. The molecule has 2 heteroatoms. The van der Waals surface area contributed by atoms with Crippen LogP contribution in [0.5, 0.6) is 0 Å². The molecule has 0 unspecified atom stereocenters. The fourth-order valence-electron chi connectivity index (χ4n) is 3.16. The van der Waals surface area contributed by atoms with Gasteiger partial charge in [-0.2, -0.15) is 0 Å². The highest BCUT2D eigenvalue weighted by atomic mass is 16.6. The van der Waals surface area contributed by atoms with E-state index in [1.807, 2.05) is 0 Å². The summed E-state index contributed by atoms with van der Waals surface area (Å²) in [5, 5.41) is 0. The van der Waals surface area contributed by atoms with Crippen LogP contribution in [0.1, 0.15) is 58.8 Å². The first-order valence-electron chi connectivity index (χ1n) is 6.84. The standard InChI is InChI=1S/C14H26O2/c1-14(2,15-3)13-10-9-12(16-13)11-7-5-4-6-8-11/h11-13H,4-10H2,1-3H3/t12-,13-/m0/s1. The minimum Gasteiger partial charge on any atom is -0.376 e. The van der Waals surface area contributed by atoms with Gasteiger partial charge in [0.05, 0.1) is 17.8 Å². The lowest BCUT2D eigenvalue weighted by Gasteiger charge is -2.32. The first-order chi connectivity index (χ1) is 7.63. The largest absolute Gasteiger partial charge is 0.376 e. The van der Waals surface area contributed by atoms with Crippen molar-refractivity contribution in [3.8, 4) is 0 Å². The molecule has 2 atom stereocenters. The van der Waals surface area contributed by atoms with Gasteiger partial charge in [0.15, 0.2) is 0 Å². The first-order valence-corrected chi connectivity index (χ1v) is 6.84. The van der Waals surface area contributed by atoms with Crippen LogP contribution >= 0.6 is 0 Å². The van der Waals surface area contributed by atoms with Crippen molar-refractivity contribution in [2.24, 2.45) is 5.92 Å². The average molecular weight is 226 g/mol. The molecule has 0 amide bonds. The van der Waals surface area contributed by atoms with Crippen molar-refractivity contribution in [2.75, 3.05) is 7.11 Å². The highest BCUT2D eigenvalue weighted by Gasteiger charge is 2.39. The van der Waals surface area contributed by atoms with Crippen molar-refractivity contribution in [3.63, 3.8) is 0 Å². The van der Waals surface area contributed by atoms with E-state index in [-0.39, 0.29) is 5.60 Å². The lowest BCUT2D eigenvalue weighted by molar-refractivity contribution is -0.115. The molecule has 0 aromatic rings. The van der Waals surface area contributed by atoms with Gasteiger partial charge >= 0.3 is 0 Å². The monoisotopic (exact) mass is 226 g/mol. The van der Waals surface area contributed by atoms with E-state index in [1.165, 1.54) is 44.9 Å². The topological polar surface area (TPSA) is 18.5 Å². The number of hydrogen-bond acceptors (Lipinski definition) is 2. The van der Waals surface area contributed by atoms with E-state index in [0.29, 0.717) is 12.2 Å². The maximum Gasteiger partial charge on any atom is 0.0883 e. The van der Waals surface area contributed by atoms with E-state index in [2.05, 4.69) is 13.8 Å². The Balaban J connectivity index is 1.87. The molecule has 16 heavy (non-hydrogen) atoms. The molecule has 1 aliphatic heterocycles. The zero-order valence-corrected chi connectivity index (χ0v) is 11.0. The van der Waals surface area contributed by atoms with Crippen LogP contribution < -0.4 is 0 Å². The summed E-state index contributed by atoms with van der Waals surface area (Å²) in [7, 11) is 1.79. The van der Waals surface area contributed by atoms with Gasteiger partial charge in [-0.25, -0.2) is 0 Å². The Morgan fingerprint density at radius 1 is 1.00 bits per heavy atom. The Morgan fingerprint density at radius 3 is 2.31 bits per heavy atom. The zero-order valence-electron chi connectivity index (χ0n) is 11.0. The summed E-state index contributed by atoms with van der Waals surface area (Å²) < 4.78 is 11.8. The predicted molar refractivity (Wildman–Crippen MR) is 65.6 cm³/mol. The van der Waals surface area contributed by atoms with Crippen LogP contribution in [0.15, 0.2) is 0 Å². The van der Waals surface area contributed by atoms with Gasteiger partial charge in [0.2, 0.25) is 0 Å². The molecule has 0 aromatic carbocycles. The Bertz CT molecular complexity index is 219. The quantitative estimate of drug-likeness (QED) is 0.733. The van der Waals surface area contributed by atoms with Crippen LogP contribution in [0, 0.1) is 5.92 Å². The molecule has 2 nitrogen and oxygen atoms in total. The Hall–Kier alpha value is -0.0800. The summed E-state index contributed by atoms with van der Waals surface area (Å²) in [4.78, 5) is 0. The number of ether oxygens (including phenoxy) is 2. The van der Waals surface area contributed by atoms with Gasteiger partial charge in [-0.15, -0.1) is 0 Å². The van der Waals surface area contributed by atoms with Gasteiger partial charge in [0.1, 0.15) is 0 Å². The third kappa shape index (κ3) is 2.60. The van der Waals surface area contributed by atoms with E-state index in [4.69, 9.17) is 9.47 Å². The van der Waals surface area contributed by atoms with E-state index in [1.54, 1.807) is 7.11 Å². The van der Waals surface area contributed by atoms with Crippen LogP contribution in [-0.4, -0.2) is 24.9 Å². The number of hydrogen-bond donors (Lipinski definition) is 0. The van der Waals surface area contributed by atoms with Gasteiger partial charge in [-0.1, -0.05) is 19.3 Å². The minimum absolute atomic E-state index is 0.122. The van der Waals surface area contributed by atoms with Gasteiger partial charge in [0, 0.05) is 7.11 Å². The fourth-order valence-corrected chi connectivity index (χ4v) is 3.16. The van der Waals surface area contributed by atoms with Crippen LogP contribution in [0.2, 0.25) is 0 Å². The summed E-state index contributed by atoms with van der Waals surface area (Å²) in [6.07, 6.45) is 10.2. The molecule has 2 rings (SSSR count). The van der Waals surface area contributed by atoms with Crippen molar-refractivity contribution in [1.82, 2.24) is 0 Å². The maximum atomic E-state index is 6.23. The van der Waals surface area contributed by atoms with Gasteiger partial charge in [-0.3, -0.25) is 0 Å². The number of rotatable bonds is 3. The summed E-state index contributed by atoms with van der Waals surface area (Å²) in [6.45, 7) is 4.28. The van der Waals surface area contributed by atoms with Crippen molar-refractivity contribution < 1.29 is 9.47 Å². The molecule has 94 valence electrons. The third-order valence-corrected chi connectivity index (χ3v) is 4.53. The third-order valence-electron chi connectivity index (χ3n) is 4.53. The molecule has 1 saturated heterocycles. The van der Waals surface area contributed by atoms with Gasteiger partial charge in [0.25, 0.3) is 0 Å². The molecule has 1 heterocycles. The second-order valence-electron chi connectivity index (χ2n) is 5.95. The molecule has 2 aliphatic rings. The summed E-state index contributed by atoms with van der Waals surface area (Å²) in [6, 6.07) is 0. The second kappa shape index (κ2) is 5.05. The second-order valence-corrected chi connectivity index (χ2v) is 5.95. The molecule has 0 radical (unpaired) electrons. The lowest BCUT2D eigenvalue weighted by Crippen LogP contribution is -2.39. The Kier molecular flexibility index (Phi) is 3.91. The predicted octanol–water partition coefficient (Wildman–Crippen LogP) is 3.54.